The van der Waals surface area contributed by atoms with Gasteiger partial charge in [0.15, 0.2) is 0 Å². The van der Waals surface area contributed by atoms with Crippen LogP contribution in [0.25, 0.3) is 0 Å². The smallest absolute Gasteiger partial charge is 0.0157 e. The molecular weight excluding hydrogens is 200 g/mol. The van der Waals surface area contributed by atoms with Gasteiger partial charge in [0, 0.05) is 5.75 Å². The average Bonchev–Trinajstić information content (AvgIpc) is 2.19. The molecule has 0 fully saturated rings. The third-order valence-electron chi connectivity index (χ3n) is 2.01. The van der Waals surface area contributed by atoms with Crippen molar-refractivity contribution >= 4 is 12.6 Å². The monoisotopic (exact) mass is 224 g/mol. The molecule has 0 aliphatic heterocycles. The van der Waals surface area contributed by atoms with Gasteiger partial charge in [0.2, 0.25) is 0 Å². The van der Waals surface area contributed by atoms with E-state index < -0.39 is 0 Å². The van der Waals surface area contributed by atoms with Crippen LogP contribution in [-0.2, 0) is 12.2 Å². The number of hydrogen-bond acceptors (Lipinski definition) is 1. The molecule has 0 aliphatic carbocycles. The first-order valence-corrected chi connectivity index (χ1v) is 6.34. The van der Waals surface area contributed by atoms with Crippen molar-refractivity contribution < 1.29 is 0 Å². The molecule has 0 N–H and O–H groups in total. The van der Waals surface area contributed by atoms with Crippen molar-refractivity contribution in [3.05, 3.63) is 35.4 Å². The Morgan fingerprint density at radius 1 is 1.00 bits per heavy atom. The van der Waals surface area contributed by atoms with Gasteiger partial charge in [-0.1, -0.05) is 58.9 Å². The third-order valence-corrected chi connectivity index (χ3v) is 2.35. The van der Waals surface area contributed by atoms with Gasteiger partial charge in [-0.3, -0.25) is 0 Å². The fourth-order valence-electron chi connectivity index (χ4n) is 1.46. The Kier molecular flexibility index (Phi) is 6.75. The highest BCUT2D eigenvalue weighted by atomic mass is 32.1. The predicted octanol–water partition coefficient (Wildman–Crippen LogP) is 4.73. The fraction of sp³-hybridized carbons (Fsp3) is 0.571. The van der Waals surface area contributed by atoms with Crippen LogP contribution in [0.4, 0.5) is 0 Å². The summed E-state index contributed by atoms with van der Waals surface area (Å²) in [6.07, 6.45) is 1.13. The lowest BCUT2D eigenvalue weighted by Crippen LogP contribution is -2.10. The van der Waals surface area contributed by atoms with Gasteiger partial charge in [-0.25, -0.2) is 0 Å². The number of thiol groups is 1. The number of rotatable bonds is 2. The van der Waals surface area contributed by atoms with Crippen LogP contribution in [0.2, 0.25) is 0 Å². The van der Waals surface area contributed by atoms with Gasteiger partial charge in [-0.05, 0) is 23.0 Å². The Balaban J connectivity index is 0.000000921. The summed E-state index contributed by atoms with van der Waals surface area (Å²) >= 11 is 4.33. The van der Waals surface area contributed by atoms with E-state index in [2.05, 4.69) is 57.7 Å². The van der Waals surface area contributed by atoms with Gasteiger partial charge < -0.3 is 0 Å². The molecule has 0 spiro atoms. The van der Waals surface area contributed by atoms with Crippen molar-refractivity contribution in [1.82, 2.24) is 0 Å². The molecule has 0 bridgehead atoms. The normalized spacial score (nSPS) is 10.5. The van der Waals surface area contributed by atoms with Crippen molar-refractivity contribution in [3.8, 4) is 0 Å². The predicted molar refractivity (Wildman–Crippen MR) is 73.6 cm³/mol. The Labute approximate surface area is 101 Å². The van der Waals surface area contributed by atoms with Crippen molar-refractivity contribution in [1.29, 1.82) is 0 Å². The topological polar surface area (TPSA) is 0 Å². The Hall–Kier alpha value is -0.430. The SMILES string of the molecule is CC.CC(C)(C)Cc1ccccc1CS. The Morgan fingerprint density at radius 3 is 1.87 bits per heavy atom. The second kappa shape index (κ2) is 6.95. The summed E-state index contributed by atoms with van der Waals surface area (Å²) in [4.78, 5) is 0. The van der Waals surface area contributed by atoms with Gasteiger partial charge in [0.25, 0.3) is 0 Å². The summed E-state index contributed by atoms with van der Waals surface area (Å²) < 4.78 is 0. The molecule has 0 saturated carbocycles. The molecule has 0 unspecified atom stereocenters. The van der Waals surface area contributed by atoms with Crippen LogP contribution in [0.3, 0.4) is 0 Å². The summed E-state index contributed by atoms with van der Waals surface area (Å²) in [6, 6.07) is 8.55. The van der Waals surface area contributed by atoms with Crippen molar-refractivity contribution in [2.45, 2.75) is 46.8 Å². The van der Waals surface area contributed by atoms with Crippen LogP contribution < -0.4 is 0 Å². The minimum Gasteiger partial charge on any atom is -0.175 e. The molecule has 0 nitrogen and oxygen atoms in total. The second-order valence-corrected chi connectivity index (χ2v) is 4.98. The summed E-state index contributed by atoms with van der Waals surface area (Å²) in [6.45, 7) is 10.8. The van der Waals surface area contributed by atoms with Crippen molar-refractivity contribution in [2.75, 3.05) is 0 Å². The first-order valence-electron chi connectivity index (χ1n) is 5.70. The molecule has 0 saturated heterocycles. The lowest BCUT2D eigenvalue weighted by atomic mass is 9.86. The first-order chi connectivity index (χ1) is 7.03. The van der Waals surface area contributed by atoms with Crippen molar-refractivity contribution in [3.63, 3.8) is 0 Å². The quantitative estimate of drug-likeness (QED) is 0.690. The van der Waals surface area contributed by atoms with Crippen LogP contribution in [0.5, 0.6) is 0 Å². The van der Waals surface area contributed by atoms with Crippen LogP contribution in [-0.4, -0.2) is 0 Å². The molecule has 1 rings (SSSR count). The molecule has 0 amide bonds. The van der Waals surface area contributed by atoms with E-state index in [0.717, 1.165) is 12.2 Å². The van der Waals surface area contributed by atoms with Crippen LogP contribution in [0.1, 0.15) is 45.7 Å². The maximum atomic E-state index is 4.33. The van der Waals surface area contributed by atoms with Crippen LogP contribution >= 0.6 is 12.6 Å². The molecule has 86 valence electrons. The second-order valence-electron chi connectivity index (χ2n) is 4.66. The summed E-state index contributed by atoms with van der Waals surface area (Å²) in [5.41, 5.74) is 3.16. The minimum atomic E-state index is 0.360. The first kappa shape index (κ1) is 14.6. The zero-order valence-electron chi connectivity index (χ0n) is 10.7. The lowest BCUT2D eigenvalue weighted by molar-refractivity contribution is 0.410. The van der Waals surface area contributed by atoms with Gasteiger partial charge >= 0.3 is 0 Å². The van der Waals surface area contributed by atoms with Gasteiger partial charge in [-0.2, -0.15) is 12.6 Å². The van der Waals surface area contributed by atoms with E-state index >= 15 is 0 Å². The summed E-state index contributed by atoms with van der Waals surface area (Å²) in [5, 5.41) is 0. The highest BCUT2D eigenvalue weighted by Gasteiger charge is 2.12. The van der Waals surface area contributed by atoms with Gasteiger partial charge in [-0.15, -0.1) is 0 Å². The molecule has 0 heterocycles. The van der Waals surface area contributed by atoms with E-state index in [1.54, 1.807) is 0 Å². The lowest BCUT2D eigenvalue weighted by Gasteiger charge is -2.19. The molecule has 1 aromatic carbocycles. The molecule has 0 atom stereocenters. The van der Waals surface area contributed by atoms with Crippen molar-refractivity contribution in [2.24, 2.45) is 5.41 Å². The Bertz CT molecular complexity index is 271. The molecular formula is C14H24S. The molecule has 1 heteroatoms. The van der Waals surface area contributed by atoms with Crippen LogP contribution in [0.15, 0.2) is 24.3 Å². The number of hydrogen-bond donors (Lipinski definition) is 1. The van der Waals surface area contributed by atoms with E-state index in [4.69, 9.17) is 0 Å². The molecule has 0 radical (unpaired) electrons. The van der Waals surface area contributed by atoms with Gasteiger partial charge in [0.05, 0.1) is 0 Å². The van der Waals surface area contributed by atoms with E-state index in [1.807, 2.05) is 13.8 Å². The largest absolute Gasteiger partial charge is 0.175 e. The maximum absolute atomic E-state index is 4.33. The Morgan fingerprint density at radius 2 is 1.47 bits per heavy atom. The van der Waals surface area contributed by atoms with E-state index in [0.29, 0.717) is 5.41 Å². The number of benzene rings is 1. The van der Waals surface area contributed by atoms with Crippen LogP contribution in [0, 0.1) is 5.41 Å². The summed E-state index contributed by atoms with van der Waals surface area (Å²) in [7, 11) is 0. The summed E-state index contributed by atoms with van der Waals surface area (Å²) in [5.74, 6) is 0.840. The highest BCUT2D eigenvalue weighted by Crippen LogP contribution is 2.23. The maximum Gasteiger partial charge on any atom is 0.0157 e. The third kappa shape index (κ3) is 5.88. The van der Waals surface area contributed by atoms with E-state index in [1.165, 1.54) is 11.1 Å². The average molecular weight is 224 g/mol. The minimum absolute atomic E-state index is 0.360. The molecule has 1 aromatic rings. The molecule has 0 aromatic heterocycles. The highest BCUT2D eigenvalue weighted by molar-refractivity contribution is 7.79. The van der Waals surface area contributed by atoms with E-state index in [9.17, 15) is 0 Å². The molecule has 0 aliphatic rings. The zero-order chi connectivity index (χ0) is 11.9. The fourth-order valence-corrected chi connectivity index (χ4v) is 1.76. The van der Waals surface area contributed by atoms with E-state index in [-0.39, 0.29) is 0 Å². The van der Waals surface area contributed by atoms with Gasteiger partial charge in [0.1, 0.15) is 0 Å². The zero-order valence-corrected chi connectivity index (χ0v) is 11.6. The standard InChI is InChI=1S/C12H18S.C2H6/c1-12(2,3)8-10-6-4-5-7-11(10)9-13;1-2/h4-7,13H,8-9H2,1-3H3;1-2H3. The molecule has 15 heavy (non-hydrogen) atoms.